The fourth-order valence-electron chi connectivity index (χ4n) is 1.84. The van der Waals surface area contributed by atoms with Gasteiger partial charge in [0.15, 0.2) is 0 Å². The third-order valence-electron chi connectivity index (χ3n) is 3.00. The Hall–Kier alpha value is -2.69. The van der Waals surface area contributed by atoms with E-state index in [0.717, 1.165) is 5.56 Å². The molecular weight excluding hydrogens is 268 g/mol. The Morgan fingerprint density at radius 3 is 2.52 bits per heavy atom. The summed E-state index contributed by atoms with van der Waals surface area (Å²) in [7, 11) is 1.35. The monoisotopic (exact) mass is 284 g/mol. The molecule has 2 aromatic rings. The second-order valence-electron chi connectivity index (χ2n) is 4.44. The molecule has 0 unspecified atom stereocenters. The number of ether oxygens (including phenoxy) is 1. The molecule has 0 saturated carbocycles. The number of pyridine rings is 1. The number of benzene rings is 1. The van der Waals surface area contributed by atoms with Crippen molar-refractivity contribution in [3.63, 3.8) is 0 Å². The molecule has 1 aromatic heterocycles. The molecule has 2 rings (SSSR count). The number of methoxy groups -OCH3 is 1. The van der Waals surface area contributed by atoms with E-state index in [9.17, 15) is 9.59 Å². The van der Waals surface area contributed by atoms with Crippen LogP contribution in [0.3, 0.4) is 0 Å². The molecule has 0 aliphatic rings. The van der Waals surface area contributed by atoms with Crippen LogP contribution in [0.25, 0.3) is 0 Å². The van der Waals surface area contributed by atoms with Crippen LogP contribution in [-0.4, -0.2) is 30.5 Å². The Kier molecular flexibility index (Phi) is 5.04. The zero-order valence-electron chi connectivity index (χ0n) is 11.7. The highest BCUT2D eigenvalue weighted by Gasteiger charge is 2.06. The molecule has 0 radical (unpaired) electrons. The minimum absolute atomic E-state index is 0.144. The lowest BCUT2D eigenvalue weighted by Gasteiger charge is -2.06. The van der Waals surface area contributed by atoms with E-state index in [1.165, 1.54) is 13.3 Å². The summed E-state index contributed by atoms with van der Waals surface area (Å²) < 4.78 is 4.64. The van der Waals surface area contributed by atoms with E-state index < -0.39 is 0 Å². The number of carbonyl (C=O) groups excluding carboxylic acids is 2. The Bertz CT molecular complexity index is 609. The average molecular weight is 284 g/mol. The van der Waals surface area contributed by atoms with Crippen molar-refractivity contribution in [2.24, 2.45) is 0 Å². The van der Waals surface area contributed by atoms with Gasteiger partial charge in [0.2, 0.25) is 0 Å². The largest absolute Gasteiger partial charge is 0.465 e. The summed E-state index contributed by atoms with van der Waals surface area (Å²) in [5, 5.41) is 2.83. The molecule has 1 amide bonds. The summed E-state index contributed by atoms with van der Waals surface area (Å²) in [6, 6.07) is 10.6. The van der Waals surface area contributed by atoms with Gasteiger partial charge in [0, 0.05) is 18.9 Å². The van der Waals surface area contributed by atoms with Gasteiger partial charge in [0.05, 0.1) is 18.2 Å². The standard InChI is InChI=1S/C16H16N2O3/c1-21-16(20)13-6-4-12(5-7-13)8-10-18-15(19)14-3-2-9-17-11-14/h2-7,9,11H,8,10H2,1H3,(H,18,19). The van der Waals surface area contributed by atoms with Gasteiger partial charge in [-0.15, -0.1) is 0 Å². The summed E-state index contributed by atoms with van der Waals surface area (Å²) in [4.78, 5) is 27.0. The highest BCUT2D eigenvalue weighted by Crippen LogP contribution is 2.06. The molecule has 0 aliphatic carbocycles. The molecule has 5 nitrogen and oxygen atoms in total. The van der Waals surface area contributed by atoms with Crippen molar-refractivity contribution in [3.8, 4) is 0 Å². The number of aromatic nitrogens is 1. The van der Waals surface area contributed by atoms with Crippen molar-refractivity contribution in [2.45, 2.75) is 6.42 Å². The van der Waals surface area contributed by atoms with Crippen molar-refractivity contribution in [2.75, 3.05) is 13.7 Å². The van der Waals surface area contributed by atoms with Gasteiger partial charge in [-0.2, -0.15) is 0 Å². The highest BCUT2D eigenvalue weighted by atomic mass is 16.5. The topological polar surface area (TPSA) is 68.3 Å². The maximum atomic E-state index is 11.8. The predicted octanol–water partition coefficient (Wildman–Crippen LogP) is 1.84. The number of nitrogens with one attached hydrogen (secondary N) is 1. The number of hydrogen-bond acceptors (Lipinski definition) is 4. The van der Waals surface area contributed by atoms with Crippen molar-refractivity contribution in [1.82, 2.24) is 10.3 Å². The van der Waals surface area contributed by atoms with Gasteiger partial charge in [0.1, 0.15) is 0 Å². The summed E-state index contributed by atoms with van der Waals surface area (Å²) in [6.45, 7) is 0.519. The summed E-state index contributed by atoms with van der Waals surface area (Å²) in [5.74, 6) is -0.499. The van der Waals surface area contributed by atoms with E-state index >= 15 is 0 Å². The van der Waals surface area contributed by atoms with Gasteiger partial charge in [-0.05, 0) is 36.2 Å². The molecule has 1 heterocycles. The number of rotatable bonds is 5. The first-order valence-electron chi connectivity index (χ1n) is 6.56. The minimum atomic E-state index is -0.355. The first-order valence-corrected chi connectivity index (χ1v) is 6.56. The lowest BCUT2D eigenvalue weighted by Crippen LogP contribution is -2.25. The minimum Gasteiger partial charge on any atom is -0.465 e. The van der Waals surface area contributed by atoms with Crippen LogP contribution in [0.2, 0.25) is 0 Å². The normalized spacial score (nSPS) is 9.95. The first kappa shape index (κ1) is 14.7. The van der Waals surface area contributed by atoms with Crippen molar-refractivity contribution in [1.29, 1.82) is 0 Å². The Balaban J connectivity index is 1.84. The van der Waals surface area contributed by atoms with E-state index in [0.29, 0.717) is 24.1 Å². The van der Waals surface area contributed by atoms with Crippen molar-refractivity contribution >= 4 is 11.9 Å². The predicted molar refractivity (Wildman–Crippen MR) is 78.1 cm³/mol. The average Bonchev–Trinajstić information content (AvgIpc) is 2.55. The Morgan fingerprint density at radius 1 is 1.14 bits per heavy atom. The molecular formula is C16H16N2O3. The van der Waals surface area contributed by atoms with Crippen LogP contribution < -0.4 is 5.32 Å². The van der Waals surface area contributed by atoms with E-state index in [1.807, 2.05) is 12.1 Å². The zero-order valence-corrected chi connectivity index (χ0v) is 11.7. The number of esters is 1. The molecule has 1 N–H and O–H groups in total. The summed E-state index contributed by atoms with van der Waals surface area (Å²) in [6.07, 6.45) is 3.84. The number of nitrogens with zero attached hydrogens (tertiary/aromatic N) is 1. The summed E-state index contributed by atoms with van der Waals surface area (Å²) in [5.41, 5.74) is 2.09. The lowest BCUT2D eigenvalue weighted by atomic mass is 10.1. The second kappa shape index (κ2) is 7.19. The zero-order chi connectivity index (χ0) is 15.1. The van der Waals surface area contributed by atoms with E-state index in [1.54, 1.807) is 30.5 Å². The third kappa shape index (κ3) is 4.14. The van der Waals surface area contributed by atoms with Crippen LogP contribution in [0, 0.1) is 0 Å². The maximum absolute atomic E-state index is 11.8. The van der Waals surface area contributed by atoms with Gasteiger partial charge in [-0.3, -0.25) is 9.78 Å². The van der Waals surface area contributed by atoms with Crippen LogP contribution in [-0.2, 0) is 11.2 Å². The van der Waals surface area contributed by atoms with E-state index in [-0.39, 0.29) is 11.9 Å². The van der Waals surface area contributed by atoms with Crippen LogP contribution in [0.4, 0.5) is 0 Å². The number of amides is 1. The van der Waals surface area contributed by atoms with Gasteiger partial charge in [-0.25, -0.2) is 4.79 Å². The van der Waals surface area contributed by atoms with Gasteiger partial charge >= 0.3 is 5.97 Å². The van der Waals surface area contributed by atoms with E-state index in [4.69, 9.17) is 0 Å². The van der Waals surface area contributed by atoms with Crippen LogP contribution in [0.5, 0.6) is 0 Å². The molecule has 0 spiro atoms. The molecule has 21 heavy (non-hydrogen) atoms. The SMILES string of the molecule is COC(=O)c1ccc(CCNC(=O)c2cccnc2)cc1. The summed E-state index contributed by atoms with van der Waals surface area (Å²) >= 11 is 0. The van der Waals surface area contributed by atoms with Gasteiger partial charge < -0.3 is 10.1 Å². The molecule has 0 bridgehead atoms. The quantitative estimate of drug-likeness (QED) is 0.851. The second-order valence-corrected chi connectivity index (χ2v) is 4.44. The molecule has 108 valence electrons. The lowest BCUT2D eigenvalue weighted by molar-refractivity contribution is 0.0600. The van der Waals surface area contributed by atoms with Crippen LogP contribution >= 0.6 is 0 Å². The molecule has 0 fully saturated rings. The maximum Gasteiger partial charge on any atom is 0.337 e. The number of hydrogen-bond donors (Lipinski definition) is 1. The third-order valence-corrected chi connectivity index (χ3v) is 3.00. The highest BCUT2D eigenvalue weighted by molar-refractivity contribution is 5.93. The van der Waals surface area contributed by atoms with Crippen molar-refractivity contribution in [3.05, 3.63) is 65.5 Å². The van der Waals surface area contributed by atoms with Crippen LogP contribution in [0.15, 0.2) is 48.8 Å². The van der Waals surface area contributed by atoms with Gasteiger partial charge in [0.25, 0.3) is 5.91 Å². The molecule has 0 saturated heterocycles. The van der Waals surface area contributed by atoms with E-state index in [2.05, 4.69) is 15.0 Å². The van der Waals surface area contributed by atoms with Crippen molar-refractivity contribution < 1.29 is 14.3 Å². The number of carbonyl (C=O) groups is 2. The molecule has 0 atom stereocenters. The van der Waals surface area contributed by atoms with Crippen LogP contribution in [0.1, 0.15) is 26.3 Å². The Morgan fingerprint density at radius 2 is 1.90 bits per heavy atom. The smallest absolute Gasteiger partial charge is 0.337 e. The fraction of sp³-hybridized carbons (Fsp3) is 0.188. The molecule has 5 heteroatoms. The Labute approximate surface area is 123 Å². The fourth-order valence-corrected chi connectivity index (χ4v) is 1.84. The molecule has 0 aliphatic heterocycles. The first-order chi connectivity index (χ1) is 10.2. The van der Waals surface area contributed by atoms with Gasteiger partial charge in [-0.1, -0.05) is 12.1 Å². The molecule has 1 aromatic carbocycles.